The molecule has 30 heavy (non-hydrogen) atoms. The van der Waals surface area contributed by atoms with E-state index in [9.17, 15) is 13.2 Å². The van der Waals surface area contributed by atoms with Crippen molar-refractivity contribution in [2.24, 2.45) is 17.8 Å². The lowest BCUT2D eigenvalue weighted by molar-refractivity contribution is -0.126. The summed E-state index contributed by atoms with van der Waals surface area (Å²) in [5.74, 6) is 2.63. The van der Waals surface area contributed by atoms with Crippen molar-refractivity contribution in [3.8, 4) is 0 Å². The standard InChI is InChI=1S/C24H34N2O3S/c27-23(25-24-15-19-12-20(16-24)14-21(13-19)17-24)9-6-18-4-7-22(8-5-18)30(28,29)26-10-2-1-3-11-26/h4-5,7-8,19-21H,1-3,6,9-17H2,(H,25,27). The Hall–Kier alpha value is -1.40. The number of benzene rings is 1. The molecule has 4 saturated carbocycles. The largest absolute Gasteiger partial charge is 0.351 e. The fraction of sp³-hybridized carbons (Fsp3) is 0.708. The number of hydrogen-bond donors (Lipinski definition) is 1. The molecule has 1 aliphatic heterocycles. The monoisotopic (exact) mass is 430 g/mol. The van der Waals surface area contributed by atoms with Crippen LogP contribution in [-0.4, -0.2) is 37.3 Å². The van der Waals surface area contributed by atoms with E-state index in [0.717, 1.165) is 42.6 Å². The third-order valence-corrected chi connectivity index (χ3v) is 9.87. The number of carbonyl (C=O) groups is 1. The maximum atomic E-state index is 12.8. The van der Waals surface area contributed by atoms with Gasteiger partial charge in [0, 0.05) is 25.0 Å². The lowest BCUT2D eigenvalue weighted by atomic mass is 9.53. The second-order valence-electron chi connectivity index (χ2n) is 10.4. The second kappa shape index (κ2) is 7.94. The van der Waals surface area contributed by atoms with Gasteiger partial charge in [-0.25, -0.2) is 8.42 Å². The van der Waals surface area contributed by atoms with Crippen molar-refractivity contribution in [1.82, 2.24) is 9.62 Å². The zero-order valence-electron chi connectivity index (χ0n) is 17.8. The lowest BCUT2D eigenvalue weighted by Crippen LogP contribution is -2.59. The Morgan fingerprint density at radius 2 is 1.50 bits per heavy atom. The zero-order chi connectivity index (χ0) is 20.8. The molecule has 4 bridgehead atoms. The number of aryl methyl sites for hydroxylation is 1. The molecule has 1 aromatic rings. The molecule has 0 spiro atoms. The van der Waals surface area contributed by atoms with Gasteiger partial charge in [-0.15, -0.1) is 0 Å². The number of amides is 1. The average Bonchev–Trinajstić information content (AvgIpc) is 2.72. The Morgan fingerprint density at radius 1 is 0.933 bits per heavy atom. The molecule has 6 rings (SSSR count). The molecule has 1 N–H and O–H groups in total. The predicted octanol–water partition coefficient (Wildman–Crippen LogP) is 3.88. The van der Waals surface area contributed by atoms with E-state index in [2.05, 4.69) is 5.32 Å². The molecule has 1 aromatic carbocycles. The summed E-state index contributed by atoms with van der Waals surface area (Å²) in [4.78, 5) is 13.1. The Kier molecular flexibility index (Phi) is 5.42. The highest BCUT2D eigenvalue weighted by Gasteiger charge is 2.51. The summed E-state index contributed by atoms with van der Waals surface area (Å²) in [5, 5.41) is 3.43. The molecule has 164 valence electrons. The van der Waals surface area contributed by atoms with Gasteiger partial charge in [0.05, 0.1) is 4.90 Å². The highest BCUT2D eigenvalue weighted by molar-refractivity contribution is 7.89. The molecule has 6 heteroatoms. The van der Waals surface area contributed by atoms with Gasteiger partial charge in [0.1, 0.15) is 0 Å². The third kappa shape index (κ3) is 4.05. The molecule has 0 unspecified atom stereocenters. The van der Waals surface area contributed by atoms with E-state index in [1.165, 1.54) is 38.5 Å². The van der Waals surface area contributed by atoms with Crippen LogP contribution in [0.25, 0.3) is 0 Å². The molecule has 1 saturated heterocycles. The van der Waals surface area contributed by atoms with Gasteiger partial charge in [0.15, 0.2) is 0 Å². The number of nitrogens with zero attached hydrogens (tertiary/aromatic N) is 1. The first-order valence-electron chi connectivity index (χ1n) is 11.8. The van der Waals surface area contributed by atoms with Crippen molar-refractivity contribution in [2.75, 3.05) is 13.1 Å². The molecule has 0 atom stereocenters. The van der Waals surface area contributed by atoms with Gasteiger partial charge in [0.25, 0.3) is 0 Å². The SMILES string of the molecule is O=C(CCc1ccc(S(=O)(=O)N2CCCCC2)cc1)NC12CC3CC(CC(C3)C1)C2. The summed E-state index contributed by atoms with van der Waals surface area (Å²) in [6.07, 6.45) is 11.8. The van der Waals surface area contributed by atoms with Gasteiger partial charge in [0.2, 0.25) is 15.9 Å². The van der Waals surface area contributed by atoms with Gasteiger partial charge in [-0.3, -0.25) is 4.79 Å². The number of piperidine rings is 1. The average molecular weight is 431 g/mol. The van der Waals surface area contributed by atoms with E-state index in [0.29, 0.717) is 30.8 Å². The number of hydrogen-bond acceptors (Lipinski definition) is 3. The van der Waals surface area contributed by atoms with E-state index in [-0.39, 0.29) is 11.4 Å². The van der Waals surface area contributed by atoms with Gasteiger partial charge in [-0.2, -0.15) is 4.31 Å². The van der Waals surface area contributed by atoms with E-state index in [1.54, 1.807) is 16.4 Å². The van der Waals surface area contributed by atoms with Gasteiger partial charge in [-0.05, 0) is 93.2 Å². The smallest absolute Gasteiger partial charge is 0.243 e. The molecule has 1 heterocycles. The second-order valence-corrected chi connectivity index (χ2v) is 12.3. The quantitative estimate of drug-likeness (QED) is 0.745. The minimum atomic E-state index is -3.39. The van der Waals surface area contributed by atoms with E-state index < -0.39 is 10.0 Å². The summed E-state index contributed by atoms with van der Waals surface area (Å²) in [6, 6.07) is 7.15. The number of nitrogens with one attached hydrogen (secondary N) is 1. The Morgan fingerprint density at radius 3 is 2.07 bits per heavy atom. The van der Waals surface area contributed by atoms with Crippen molar-refractivity contribution in [2.45, 2.75) is 81.1 Å². The molecular formula is C24H34N2O3S. The van der Waals surface area contributed by atoms with Crippen LogP contribution < -0.4 is 5.32 Å². The van der Waals surface area contributed by atoms with Crippen LogP contribution in [0.3, 0.4) is 0 Å². The molecule has 1 amide bonds. The first-order valence-corrected chi connectivity index (χ1v) is 13.3. The highest BCUT2D eigenvalue weighted by Crippen LogP contribution is 2.55. The van der Waals surface area contributed by atoms with Crippen LogP contribution in [0.15, 0.2) is 29.2 Å². The predicted molar refractivity (Wildman–Crippen MR) is 116 cm³/mol. The number of carbonyl (C=O) groups excluding carboxylic acids is 1. The van der Waals surface area contributed by atoms with E-state index in [4.69, 9.17) is 0 Å². The summed E-state index contributed by atoms with van der Waals surface area (Å²) < 4.78 is 27.2. The van der Waals surface area contributed by atoms with Gasteiger partial charge < -0.3 is 5.32 Å². The molecule has 0 radical (unpaired) electrons. The number of rotatable bonds is 6. The van der Waals surface area contributed by atoms with Crippen LogP contribution in [0.1, 0.15) is 69.8 Å². The molecule has 5 aliphatic rings. The van der Waals surface area contributed by atoms with Gasteiger partial charge >= 0.3 is 0 Å². The highest BCUT2D eigenvalue weighted by atomic mass is 32.2. The summed E-state index contributed by atoms with van der Waals surface area (Å²) in [6.45, 7) is 1.24. The molecule has 5 fully saturated rings. The van der Waals surface area contributed by atoms with Crippen molar-refractivity contribution in [1.29, 1.82) is 0 Å². The van der Waals surface area contributed by atoms with E-state index >= 15 is 0 Å². The third-order valence-electron chi connectivity index (χ3n) is 7.96. The fourth-order valence-corrected chi connectivity index (χ4v) is 8.48. The van der Waals surface area contributed by atoms with Crippen molar-refractivity contribution in [3.05, 3.63) is 29.8 Å². The minimum Gasteiger partial charge on any atom is -0.351 e. The van der Waals surface area contributed by atoms with Crippen LogP contribution in [0, 0.1) is 17.8 Å². The molecular weight excluding hydrogens is 396 g/mol. The first-order chi connectivity index (χ1) is 14.4. The van der Waals surface area contributed by atoms with Crippen LogP contribution in [0.2, 0.25) is 0 Å². The fourth-order valence-electron chi connectivity index (χ4n) is 6.96. The minimum absolute atomic E-state index is 0.0677. The summed E-state index contributed by atoms with van der Waals surface area (Å²) >= 11 is 0. The molecule has 5 nitrogen and oxygen atoms in total. The first kappa shape index (κ1) is 20.5. The lowest BCUT2D eigenvalue weighted by Gasteiger charge is -2.56. The van der Waals surface area contributed by atoms with Crippen LogP contribution in [0.5, 0.6) is 0 Å². The normalized spacial score (nSPS) is 33.5. The van der Waals surface area contributed by atoms with Crippen LogP contribution >= 0.6 is 0 Å². The Bertz CT molecular complexity index is 852. The maximum absolute atomic E-state index is 12.8. The summed E-state index contributed by atoms with van der Waals surface area (Å²) in [7, 11) is -3.39. The topological polar surface area (TPSA) is 66.5 Å². The molecule has 0 aromatic heterocycles. The van der Waals surface area contributed by atoms with Crippen molar-refractivity contribution < 1.29 is 13.2 Å². The maximum Gasteiger partial charge on any atom is 0.243 e. The Balaban J connectivity index is 1.16. The van der Waals surface area contributed by atoms with Crippen molar-refractivity contribution >= 4 is 15.9 Å². The zero-order valence-corrected chi connectivity index (χ0v) is 18.6. The molecule has 4 aliphatic carbocycles. The van der Waals surface area contributed by atoms with Crippen molar-refractivity contribution in [3.63, 3.8) is 0 Å². The van der Waals surface area contributed by atoms with E-state index in [1.807, 2.05) is 12.1 Å². The van der Waals surface area contributed by atoms with Crippen LogP contribution in [0.4, 0.5) is 0 Å². The Labute approximate surface area is 180 Å². The van der Waals surface area contributed by atoms with Gasteiger partial charge in [-0.1, -0.05) is 18.6 Å². The number of sulfonamides is 1. The summed E-state index contributed by atoms with van der Waals surface area (Å²) in [5.41, 5.74) is 1.09. The van der Waals surface area contributed by atoms with Crippen LogP contribution in [-0.2, 0) is 21.2 Å².